The van der Waals surface area contributed by atoms with E-state index in [1.165, 1.54) is 25.8 Å². The number of hydrazine groups is 1. The highest BCUT2D eigenvalue weighted by atomic mass is 19.4. The van der Waals surface area contributed by atoms with Crippen molar-refractivity contribution in [3.63, 3.8) is 0 Å². The van der Waals surface area contributed by atoms with Crippen LogP contribution in [0.15, 0.2) is 5.10 Å². The summed E-state index contributed by atoms with van der Waals surface area (Å²) in [5.41, 5.74) is -0.833. The van der Waals surface area contributed by atoms with Crippen molar-refractivity contribution in [3.05, 3.63) is 0 Å². The first-order chi connectivity index (χ1) is 8.59. The fraction of sp³-hybridized carbons (Fsp3) is 0.818. The first-order valence-electron chi connectivity index (χ1n) is 6.03. The van der Waals surface area contributed by atoms with E-state index in [0.717, 1.165) is 5.01 Å². The summed E-state index contributed by atoms with van der Waals surface area (Å²) < 4.78 is 38.2. The molecular weight excluding hydrogens is 261 g/mol. The predicted octanol–water partition coefficient (Wildman–Crippen LogP) is 1.60. The molecule has 0 aromatic heterocycles. The number of alkyl halides is 3. The van der Waals surface area contributed by atoms with Gasteiger partial charge in [-0.1, -0.05) is 13.8 Å². The SMILES string of the molecule is CCN(CCN(N)C(C)=O)/N=C(\C(C)C)C(F)(F)F. The summed E-state index contributed by atoms with van der Waals surface area (Å²) in [7, 11) is 0. The third-order valence-corrected chi connectivity index (χ3v) is 2.45. The van der Waals surface area contributed by atoms with Crippen molar-refractivity contribution in [1.29, 1.82) is 0 Å². The highest BCUT2D eigenvalue weighted by molar-refractivity contribution is 5.91. The van der Waals surface area contributed by atoms with Crippen molar-refractivity contribution < 1.29 is 18.0 Å². The van der Waals surface area contributed by atoms with Gasteiger partial charge in [-0.25, -0.2) is 5.84 Å². The molecule has 0 aliphatic heterocycles. The number of amides is 1. The van der Waals surface area contributed by atoms with Gasteiger partial charge in [-0.15, -0.1) is 0 Å². The second kappa shape index (κ2) is 7.32. The van der Waals surface area contributed by atoms with E-state index in [0.29, 0.717) is 6.54 Å². The lowest BCUT2D eigenvalue weighted by Gasteiger charge is -2.24. The maximum Gasteiger partial charge on any atom is 0.431 e. The third kappa shape index (κ3) is 6.42. The zero-order chi connectivity index (χ0) is 15.2. The van der Waals surface area contributed by atoms with E-state index < -0.39 is 17.8 Å². The summed E-state index contributed by atoms with van der Waals surface area (Å²) in [6.45, 7) is 6.42. The van der Waals surface area contributed by atoms with E-state index in [-0.39, 0.29) is 19.0 Å². The molecule has 2 N–H and O–H groups in total. The lowest BCUT2D eigenvalue weighted by Crippen LogP contribution is -2.41. The predicted molar refractivity (Wildman–Crippen MR) is 67.1 cm³/mol. The highest BCUT2D eigenvalue weighted by Crippen LogP contribution is 2.22. The van der Waals surface area contributed by atoms with Crippen LogP contribution in [0.4, 0.5) is 13.2 Å². The molecule has 0 atom stereocenters. The average molecular weight is 282 g/mol. The number of rotatable bonds is 6. The number of likely N-dealkylation sites (N-methyl/N-ethyl adjacent to an activating group) is 1. The van der Waals surface area contributed by atoms with Gasteiger partial charge in [0.1, 0.15) is 5.71 Å². The van der Waals surface area contributed by atoms with Gasteiger partial charge in [-0.3, -0.25) is 14.8 Å². The lowest BCUT2D eigenvalue weighted by molar-refractivity contribution is -0.129. The number of hydrazone groups is 1. The largest absolute Gasteiger partial charge is 0.431 e. The first kappa shape index (κ1) is 17.7. The Labute approximate surface area is 111 Å². The Kier molecular flexibility index (Phi) is 6.82. The average Bonchev–Trinajstić information content (AvgIpc) is 2.26. The Bertz CT molecular complexity index is 328. The van der Waals surface area contributed by atoms with E-state index in [1.807, 2.05) is 0 Å². The molecule has 0 aliphatic carbocycles. The van der Waals surface area contributed by atoms with Gasteiger partial charge < -0.3 is 0 Å². The van der Waals surface area contributed by atoms with E-state index in [9.17, 15) is 18.0 Å². The molecule has 1 amide bonds. The topological polar surface area (TPSA) is 61.9 Å². The van der Waals surface area contributed by atoms with Crippen molar-refractivity contribution in [2.75, 3.05) is 19.6 Å². The molecule has 0 aromatic rings. The standard InChI is InChI=1S/C11H21F3N4O/c1-5-17(6-7-18(15)9(4)19)16-10(8(2)3)11(12,13)14/h8H,5-7,15H2,1-4H3/b16-10+. The van der Waals surface area contributed by atoms with Crippen LogP contribution in [-0.4, -0.2) is 47.4 Å². The minimum absolute atomic E-state index is 0.121. The number of nitrogens with zero attached hydrogens (tertiary/aromatic N) is 3. The Hall–Kier alpha value is -1.31. The summed E-state index contributed by atoms with van der Waals surface area (Å²) in [6, 6.07) is 0. The van der Waals surface area contributed by atoms with Gasteiger partial charge in [0, 0.05) is 19.4 Å². The molecule has 0 bridgehead atoms. The lowest BCUT2D eigenvalue weighted by atomic mass is 10.1. The van der Waals surface area contributed by atoms with Crippen molar-refractivity contribution in [3.8, 4) is 0 Å². The molecule has 0 saturated carbocycles. The van der Waals surface area contributed by atoms with Gasteiger partial charge in [-0.2, -0.15) is 18.3 Å². The van der Waals surface area contributed by atoms with E-state index in [2.05, 4.69) is 5.10 Å². The number of carbonyl (C=O) groups excluding carboxylic acids is 1. The third-order valence-electron chi connectivity index (χ3n) is 2.45. The van der Waals surface area contributed by atoms with Gasteiger partial charge in [0.25, 0.3) is 0 Å². The Morgan fingerprint density at radius 1 is 1.32 bits per heavy atom. The van der Waals surface area contributed by atoms with Crippen LogP contribution in [0.1, 0.15) is 27.7 Å². The second-order valence-electron chi connectivity index (χ2n) is 4.40. The quantitative estimate of drug-likeness (QED) is 0.348. The van der Waals surface area contributed by atoms with Crippen molar-refractivity contribution in [2.45, 2.75) is 33.9 Å². The molecule has 0 heterocycles. The summed E-state index contributed by atoms with van der Waals surface area (Å²) in [5, 5.41) is 5.83. The summed E-state index contributed by atoms with van der Waals surface area (Å²) in [4.78, 5) is 10.9. The summed E-state index contributed by atoms with van der Waals surface area (Å²) >= 11 is 0. The molecule has 112 valence electrons. The summed E-state index contributed by atoms with van der Waals surface area (Å²) in [5.74, 6) is 4.31. The van der Waals surface area contributed by atoms with Crippen LogP contribution < -0.4 is 5.84 Å². The van der Waals surface area contributed by atoms with Gasteiger partial charge in [0.05, 0.1) is 13.1 Å². The number of hydrogen-bond donors (Lipinski definition) is 1. The Morgan fingerprint density at radius 3 is 2.16 bits per heavy atom. The molecular formula is C11H21F3N4O. The first-order valence-corrected chi connectivity index (χ1v) is 6.03. The fourth-order valence-corrected chi connectivity index (χ4v) is 1.31. The minimum Gasteiger partial charge on any atom is -0.295 e. The zero-order valence-electron chi connectivity index (χ0n) is 11.7. The molecule has 19 heavy (non-hydrogen) atoms. The van der Waals surface area contributed by atoms with Crippen molar-refractivity contribution in [2.24, 2.45) is 16.9 Å². The van der Waals surface area contributed by atoms with E-state index >= 15 is 0 Å². The van der Waals surface area contributed by atoms with Crippen LogP contribution in [0, 0.1) is 5.92 Å². The molecule has 0 aromatic carbocycles. The highest BCUT2D eigenvalue weighted by Gasteiger charge is 2.38. The van der Waals surface area contributed by atoms with Crippen LogP contribution >= 0.6 is 0 Å². The smallest absolute Gasteiger partial charge is 0.295 e. The van der Waals surface area contributed by atoms with Gasteiger partial charge in [-0.05, 0) is 6.92 Å². The van der Waals surface area contributed by atoms with Gasteiger partial charge >= 0.3 is 6.18 Å². The second-order valence-corrected chi connectivity index (χ2v) is 4.40. The monoisotopic (exact) mass is 282 g/mol. The molecule has 8 heteroatoms. The zero-order valence-corrected chi connectivity index (χ0v) is 11.7. The minimum atomic E-state index is -4.45. The maximum absolute atomic E-state index is 12.7. The Balaban J connectivity index is 4.80. The van der Waals surface area contributed by atoms with Crippen LogP contribution in [0.3, 0.4) is 0 Å². The van der Waals surface area contributed by atoms with E-state index in [4.69, 9.17) is 5.84 Å². The fourth-order valence-electron chi connectivity index (χ4n) is 1.31. The van der Waals surface area contributed by atoms with Gasteiger partial charge in [0.15, 0.2) is 0 Å². The van der Waals surface area contributed by atoms with Crippen LogP contribution in [0.2, 0.25) is 0 Å². The van der Waals surface area contributed by atoms with Crippen LogP contribution in [0.5, 0.6) is 0 Å². The van der Waals surface area contributed by atoms with Crippen LogP contribution in [0.25, 0.3) is 0 Å². The Morgan fingerprint density at radius 2 is 1.84 bits per heavy atom. The van der Waals surface area contributed by atoms with E-state index in [1.54, 1.807) is 6.92 Å². The van der Waals surface area contributed by atoms with Gasteiger partial charge in [0.2, 0.25) is 5.91 Å². The number of halogens is 3. The van der Waals surface area contributed by atoms with Crippen LogP contribution in [-0.2, 0) is 4.79 Å². The summed E-state index contributed by atoms with van der Waals surface area (Å²) in [6.07, 6.45) is -4.45. The molecule has 0 fully saturated rings. The van der Waals surface area contributed by atoms with Crippen molar-refractivity contribution in [1.82, 2.24) is 10.0 Å². The molecule has 5 nitrogen and oxygen atoms in total. The number of nitrogens with two attached hydrogens (primary N) is 1. The molecule has 0 aliphatic rings. The molecule has 0 radical (unpaired) electrons. The molecule has 0 unspecified atom stereocenters. The van der Waals surface area contributed by atoms with Crippen molar-refractivity contribution >= 4 is 11.6 Å². The number of carbonyl (C=O) groups is 1. The molecule has 0 saturated heterocycles. The molecule has 0 rings (SSSR count). The maximum atomic E-state index is 12.7. The normalized spacial score (nSPS) is 12.8. The molecule has 0 spiro atoms. The number of hydrogen-bond acceptors (Lipinski definition) is 4.